The number of nitrogens with one attached hydrogen (secondary N) is 3. The second kappa shape index (κ2) is 10.4. The molecule has 2 saturated heterocycles. The minimum Gasteiger partial charge on any atom is -0.493 e. The SMILES string of the molecule is CCN1C(NC)CC(C)NC1Nc1ccc(OC)c(OC[C@H](O)CN2CCC2)c1. The number of hydrogen-bond acceptors (Lipinski definition) is 8. The zero-order chi connectivity index (χ0) is 20.8. The van der Waals surface area contributed by atoms with Crippen LogP contribution in [0.1, 0.15) is 26.7 Å². The number of likely N-dealkylation sites (tertiary alicyclic amines) is 1. The van der Waals surface area contributed by atoms with E-state index in [1.807, 2.05) is 25.2 Å². The van der Waals surface area contributed by atoms with Gasteiger partial charge in [-0.2, -0.15) is 0 Å². The number of hydrogen-bond donors (Lipinski definition) is 4. The third-order valence-electron chi connectivity index (χ3n) is 5.77. The molecule has 0 saturated carbocycles. The Kier molecular flexibility index (Phi) is 7.97. The van der Waals surface area contributed by atoms with Gasteiger partial charge in [-0.25, -0.2) is 0 Å². The Bertz CT molecular complexity index is 643. The van der Waals surface area contributed by atoms with Gasteiger partial charge in [0.25, 0.3) is 0 Å². The van der Waals surface area contributed by atoms with E-state index in [-0.39, 0.29) is 12.9 Å². The Morgan fingerprint density at radius 1 is 1.31 bits per heavy atom. The molecule has 1 aromatic carbocycles. The molecule has 0 radical (unpaired) electrons. The molecule has 8 heteroatoms. The fourth-order valence-corrected chi connectivity index (χ4v) is 4.03. The Morgan fingerprint density at radius 3 is 2.72 bits per heavy atom. The summed E-state index contributed by atoms with van der Waals surface area (Å²) in [5.41, 5.74) is 0.943. The monoisotopic (exact) mass is 407 g/mol. The van der Waals surface area contributed by atoms with E-state index in [9.17, 15) is 5.11 Å². The van der Waals surface area contributed by atoms with Gasteiger partial charge in [0.2, 0.25) is 0 Å². The van der Waals surface area contributed by atoms with Gasteiger partial charge in [0.1, 0.15) is 19.0 Å². The van der Waals surface area contributed by atoms with E-state index >= 15 is 0 Å². The summed E-state index contributed by atoms with van der Waals surface area (Å²) >= 11 is 0. The van der Waals surface area contributed by atoms with Gasteiger partial charge in [0, 0.05) is 30.9 Å². The van der Waals surface area contributed by atoms with Crippen LogP contribution in [0, 0.1) is 0 Å². The molecule has 164 valence electrons. The molecule has 2 aliphatic heterocycles. The van der Waals surface area contributed by atoms with Crippen molar-refractivity contribution in [1.29, 1.82) is 0 Å². The second-order valence-electron chi connectivity index (χ2n) is 7.97. The molecule has 2 fully saturated rings. The average Bonchev–Trinajstić information content (AvgIpc) is 2.68. The number of β-amino-alcohol motifs (C(OH)–C–C–N with tert-alkyl or cyclic N) is 1. The van der Waals surface area contributed by atoms with Gasteiger partial charge in [-0.3, -0.25) is 10.2 Å². The Hall–Kier alpha value is -1.58. The van der Waals surface area contributed by atoms with Crippen LogP contribution in [0.3, 0.4) is 0 Å². The highest BCUT2D eigenvalue weighted by molar-refractivity contribution is 5.55. The van der Waals surface area contributed by atoms with Gasteiger partial charge in [0.05, 0.1) is 13.3 Å². The van der Waals surface area contributed by atoms with Crippen LogP contribution in [-0.2, 0) is 0 Å². The summed E-state index contributed by atoms with van der Waals surface area (Å²) in [7, 11) is 3.64. The van der Waals surface area contributed by atoms with E-state index in [2.05, 4.69) is 39.6 Å². The Labute approximate surface area is 174 Å². The highest BCUT2D eigenvalue weighted by Gasteiger charge is 2.31. The minimum atomic E-state index is -0.510. The highest BCUT2D eigenvalue weighted by atomic mass is 16.5. The minimum absolute atomic E-state index is 0.0134. The summed E-state index contributed by atoms with van der Waals surface area (Å²) in [5.74, 6) is 1.30. The molecule has 4 atom stereocenters. The zero-order valence-corrected chi connectivity index (χ0v) is 18.1. The van der Waals surface area contributed by atoms with E-state index in [0.29, 0.717) is 30.3 Å². The van der Waals surface area contributed by atoms with Crippen LogP contribution in [0.2, 0.25) is 0 Å². The normalized spacial score (nSPS) is 26.6. The molecule has 2 heterocycles. The van der Waals surface area contributed by atoms with Gasteiger partial charge in [0.15, 0.2) is 11.5 Å². The van der Waals surface area contributed by atoms with E-state index in [1.54, 1.807) is 7.11 Å². The molecule has 0 aromatic heterocycles. The van der Waals surface area contributed by atoms with E-state index in [0.717, 1.165) is 31.7 Å². The topological polar surface area (TPSA) is 81.3 Å². The molecule has 3 rings (SSSR count). The molecule has 2 aliphatic rings. The van der Waals surface area contributed by atoms with Crippen molar-refractivity contribution in [2.75, 3.05) is 52.3 Å². The molecule has 4 N–H and O–H groups in total. The van der Waals surface area contributed by atoms with Crippen LogP contribution >= 0.6 is 0 Å². The van der Waals surface area contributed by atoms with Gasteiger partial charge in [-0.05, 0) is 52.0 Å². The number of nitrogens with zero attached hydrogens (tertiary/aromatic N) is 2. The van der Waals surface area contributed by atoms with Crippen LogP contribution < -0.4 is 25.4 Å². The van der Waals surface area contributed by atoms with Crippen molar-refractivity contribution >= 4 is 5.69 Å². The van der Waals surface area contributed by atoms with Crippen molar-refractivity contribution in [2.45, 2.75) is 51.3 Å². The predicted molar refractivity (Wildman–Crippen MR) is 115 cm³/mol. The largest absolute Gasteiger partial charge is 0.493 e. The van der Waals surface area contributed by atoms with Crippen molar-refractivity contribution in [1.82, 2.24) is 20.4 Å². The van der Waals surface area contributed by atoms with Crippen molar-refractivity contribution in [3.05, 3.63) is 18.2 Å². The number of rotatable bonds is 10. The summed E-state index contributed by atoms with van der Waals surface area (Å²) in [6, 6.07) is 6.24. The van der Waals surface area contributed by atoms with Crippen molar-refractivity contribution < 1.29 is 14.6 Å². The van der Waals surface area contributed by atoms with Crippen LogP contribution in [0.5, 0.6) is 11.5 Å². The fraction of sp³-hybridized carbons (Fsp3) is 0.714. The number of aliphatic hydroxyl groups excluding tert-OH is 1. The lowest BCUT2D eigenvalue weighted by molar-refractivity contribution is 0.0459. The van der Waals surface area contributed by atoms with Gasteiger partial charge >= 0.3 is 0 Å². The summed E-state index contributed by atoms with van der Waals surface area (Å²) in [6.07, 6.45) is 2.09. The number of methoxy groups -OCH3 is 1. The molecular formula is C21H37N5O3. The summed E-state index contributed by atoms with van der Waals surface area (Å²) in [4.78, 5) is 4.60. The summed E-state index contributed by atoms with van der Waals surface area (Å²) in [5, 5.41) is 20.8. The predicted octanol–water partition coefficient (Wildman–Crippen LogP) is 1.09. The zero-order valence-electron chi connectivity index (χ0n) is 18.1. The van der Waals surface area contributed by atoms with Crippen molar-refractivity contribution in [2.24, 2.45) is 0 Å². The molecule has 29 heavy (non-hydrogen) atoms. The van der Waals surface area contributed by atoms with Gasteiger partial charge < -0.3 is 30.1 Å². The molecule has 1 aromatic rings. The summed E-state index contributed by atoms with van der Waals surface area (Å²) in [6.45, 7) is 8.32. The Morgan fingerprint density at radius 2 is 2.10 bits per heavy atom. The lowest BCUT2D eigenvalue weighted by Crippen LogP contribution is -2.65. The standard InChI is InChI=1S/C21H37N5O3/c1-5-26-20(22-3)11-15(2)23-21(26)24-16-7-8-18(28-4)19(12-16)29-14-17(27)13-25-9-6-10-25/h7-8,12,15,17,20-24,27H,5-6,9-11,13-14H2,1-4H3/t15?,17-,20?,21?/m1/s1. The second-order valence-corrected chi connectivity index (χ2v) is 7.97. The molecule has 0 aliphatic carbocycles. The van der Waals surface area contributed by atoms with E-state index < -0.39 is 6.10 Å². The fourth-order valence-electron chi connectivity index (χ4n) is 4.03. The molecule has 8 nitrogen and oxygen atoms in total. The first-order chi connectivity index (χ1) is 14.0. The third kappa shape index (κ3) is 5.73. The maximum Gasteiger partial charge on any atom is 0.163 e. The quantitative estimate of drug-likeness (QED) is 0.459. The lowest BCUT2D eigenvalue weighted by Gasteiger charge is -2.45. The molecule has 0 bridgehead atoms. The van der Waals surface area contributed by atoms with Crippen LogP contribution in [0.4, 0.5) is 5.69 Å². The smallest absolute Gasteiger partial charge is 0.163 e. The molecular weight excluding hydrogens is 370 g/mol. The van der Waals surface area contributed by atoms with Crippen LogP contribution in [0.15, 0.2) is 18.2 Å². The van der Waals surface area contributed by atoms with Gasteiger partial charge in [-0.1, -0.05) is 6.92 Å². The Balaban J connectivity index is 1.65. The van der Waals surface area contributed by atoms with Crippen LogP contribution in [0.25, 0.3) is 0 Å². The van der Waals surface area contributed by atoms with Crippen LogP contribution in [-0.4, -0.2) is 86.5 Å². The number of benzene rings is 1. The van der Waals surface area contributed by atoms with E-state index in [1.165, 1.54) is 6.42 Å². The van der Waals surface area contributed by atoms with Crippen molar-refractivity contribution in [3.8, 4) is 11.5 Å². The average molecular weight is 408 g/mol. The maximum atomic E-state index is 10.2. The van der Waals surface area contributed by atoms with Gasteiger partial charge in [-0.15, -0.1) is 0 Å². The first kappa shape index (κ1) is 22.1. The molecule has 0 amide bonds. The van der Waals surface area contributed by atoms with E-state index in [4.69, 9.17) is 9.47 Å². The first-order valence-corrected chi connectivity index (χ1v) is 10.7. The first-order valence-electron chi connectivity index (χ1n) is 10.7. The maximum absolute atomic E-state index is 10.2. The molecule has 3 unspecified atom stereocenters. The number of ether oxygens (including phenoxy) is 2. The molecule has 0 spiro atoms. The summed E-state index contributed by atoms with van der Waals surface area (Å²) < 4.78 is 11.4. The number of aliphatic hydroxyl groups is 1. The van der Waals surface area contributed by atoms with Crippen molar-refractivity contribution in [3.63, 3.8) is 0 Å². The number of anilines is 1. The lowest BCUT2D eigenvalue weighted by atomic mass is 10.1. The highest BCUT2D eigenvalue weighted by Crippen LogP contribution is 2.31. The third-order valence-corrected chi connectivity index (χ3v) is 5.77.